The fraction of sp³-hybridized carbons (Fsp3) is 0.526. The molecule has 1 unspecified atom stereocenters. The molecule has 0 aliphatic carbocycles. The summed E-state index contributed by atoms with van der Waals surface area (Å²) >= 11 is 7.32. The van der Waals surface area contributed by atoms with E-state index in [0.29, 0.717) is 16.8 Å². The first-order valence-corrected chi connectivity index (χ1v) is 11.0. The fourth-order valence-electron chi connectivity index (χ4n) is 3.08. The summed E-state index contributed by atoms with van der Waals surface area (Å²) in [6.45, 7) is 8.60. The normalized spacial score (nSPS) is 16.1. The fourth-order valence-corrected chi connectivity index (χ4v) is 4.11. The third-order valence-electron chi connectivity index (χ3n) is 4.62. The van der Waals surface area contributed by atoms with Gasteiger partial charge in [-0.25, -0.2) is 9.97 Å². The molecule has 1 atom stereocenters. The number of nitrogens with zero attached hydrogens (tertiary/aromatic N) is 5. The van der Waals surface area contributed by atoms with Crippen molar-refractivity contribution < 1.29 is 5.11 Å². The number of piperazine rings is 1. The summed E-state index contributed by atoms with van der Waals surface area (Å²) < 4.78 is 0.673. The van der Waals surface area contributed by atoms with Gasteiger partial charge in [0.15, 0.2) is 5.96 Å². The van der Waals surface area contributed by atoms with E-state index < -0.39 is 6.10 Å². The highest BCUT2D eigenvalue weighted by Gasteiger charge is 2.18. The lowest BCUT2D eigenvalue weighted by atomic mass is 10.3. The topological polar surface area (TPSA) is 88.9 Å². The van der Waals surface area contributed by atoms with Crippen LogP contribution in [0.5, 0.6) is 0 Å². The predicted molar refractivity (Wildman–Crippen MR) is 134 cm³/mol. The Morgan fingerprint density at radius 2 is 1.97 bits per heavy atom. The molecule has 3 heterocycles. The number of hydrogen-bond acceptors (Lipinski definition) is 7. The van der Waals surface area contributed by atoms with Crippen LogP contribution in [0, 0.1) is 0 Å². The molecule has 0 amide bonds. The van der Waals surface area contributed by atoms with E-state index in [9.17, 15) is 5.11 Å². The Balaban J connectivity index is 0.00000320. The van der Waals surface area contributed by atoms with E-state index in [1.165, 1.54) is 11.3 Å². The van der Waals surface area contributed by atoms with E-state index in [1.807, 2.05) is 19.1 Å². The Morgan fingerprint density at radius 3 is 2.60 bits per heavy atom. The maximum absolute atomic E-state index is 10.3. The van der Waals surface area contributed by atoms with Crippen molar-refractivity contribution in [3.8, 4) is 0 Å². The van der Waals surface area contributed by atoms with Crippen LogP contribution in [0.4, 0.5) is 5.95 Å². The highest BCUT2D eigenvalue weighted by molar-refractivity contribution is 14.0. The van der Waals surface area contributed by atoms with Crippen LogP contribution in [0.3, 0.4) is 0 Å². The Morgan fingerprint density at radius 1 is 1.23 bits per heavy atom. The second-order valence-corrected chi connectivity index (χ2v) is 8.43. The molecule has 0 spiro atoms. The number of aliphatic hydroxyl groups is 1. The van der Waals surface area contributed by atoms with Crippen molar-refractivity contribution in [2.75, 3.05) is 57.3 Å². The van der Waals surface area contributed by atoms with Crippen molar-refractivity contribution in [3.05, 3.63) is 39.8 Å². The Hall–Kier alpha value is -1.21. The predicted octanol–water partition coefficient (Wildman–Crippen LogP) is 2.22. The van der Waals surface area contributed by atoms with Crippen LogP contribution in [0.15, 0.2) is 35.6 Å². The number of halogens is 2. The molecule has 1 aliphatic rings. The van der Waals surface area contributed by atoms with Crippen molar-refractivity contribution in [2.24, 2.45) is 4.99 Å². The second-order valence-electron chi connectivity index (χ2n) is 6.68. The number of aliphatic imine (C=N–C) groups is 1. The monoisotopic (exact) mass is 565 g/mol. The van der Waals surface area contributed by atoms with Crippen LogP contribution >= 0.6 is 46.9 Å². The third-order valence-corrected chi connectivity index (χ3v) is 5.95. The molecular formula is C19H29ClIN7OS. The quantitative estimate of drug-likeness (QED) is 0.257. The number of aliphatic hydroxyl groups excluding tert-OH is 1. The summed E-state index contributed by atoms with van der Waals surface area (Å²) in [5, 5.41) is 16.8. The SMILES string of the molecule is CCNC(=NCC(O)c1ccc(Cl)s1)NCCN1CCN(c2ncccn2)CC1.I. The van der Waals surface area contributed by atoms with Gasteiger partial charge in [-0.1, -0.05) is 11.6 Å². The molecule has 0 aromatic carbocycles. The van der Waals surface area contributed by atoms with Crippen LogP contribution < -0.4 is 15.5 Å². The summed E-state index contributed by atoms with van der Waals surface area (Å²) in [5.74, 6) is 1.52. The molecule has 0 radical (unpaired) electrons. The van der Waals surface area contributed by atoms with Gasteiger partial charge in [0.25, 0.3) is 0 Å². The summed E-state index contributed by atoms with van der Waals surface area (Å²) in [6, 6.07) is 5.47. The van der Waals surface area contributed by atoms with Gasteiger partial charge in [-0.2, -0.15) is 0 Å². The molecule has 3 rings (SSSR count). The number of anilines is 1. The van der Waals surface area contributed by atoms with Crippen LogP contribution in [0.25, 0.3) is 0 Å². The number of thiophene rings is 1. The van der Waals surface area contributed by atoms with Gasteiger partial charge >= 0.3 is 0 Å². The number of rotatable bonds is 8. The molecule has 166 valence electrons. The van der Waals surface area contributed by atoms with E-state index >= 15 is 0 Å². The maximum Gasteiger partial charge on any atom is 0.225 e. The molecule has 3 N–H and O–H groups in total. The molecular weight excluding hydrogens is 537 g/mol. The summed E-state index contributed by atoms with van der Waals surface area (Å²) in [4.78, 5) is 18.6. The second kappa shape index (κ2) is 13.3. The maximum atomic E-state index is 10.3. The van der Waals surface area contributed by atoms with Gasteiger partial charge in [0, 0.05) is 63.1 Å². The summed E-state index contributed by atoms with van der Waals surface area (Å²) in [7, 11) is 0. The Kier molecular flexibility index (Phi) is 11.1. The largest absolute Gasteiger partial charge is 0.386 e. The number of hydrogen-bond donors (Lipinski definition) is 3. The lowest BCUT2D eigenvalue weighted by Gasteiger charge is -2.34. The molecule has 2 aromatic rings. The number of aromatic nitrogens is 2. The number of guanidine groups is 1. The van der Waals surface area contributed by atoms with Gasteiger partial charge in [0.1, 0.15) is 6.10 Å². The average Bonchev–Trinajstić information content (AvgIpc) is 3.19. The highest BCUT2D eigenvalue weighted by atomic mass is 127. The lowest BCUT2D eigenvalue weighted by molar-refractivity contribution is 0.191. The van der Waals surface area contributed by atoms with Crippen LogP contribution in [-0.4, -0.2) is 78.3 Å². The van der Waals surface area contributed by atoms with Crippen molar-refractivity contribution in [3.63, 3.8) is 0 Å². The van der Waals surface area contributed by atoms with Crippen LogP contribution in [-0.2, 0) is 0 Å². The first-order chi connectivity index (χ1) is 14.2. The minimum Gasteiger partial charge on any atom is -0.386 e. The standard InChI is InChI=1S/C19H28ClN7OS.HI/c1-2-21-18(25-14-15(28)16-4-5-17(20)29-16)22-8-9-26-10-12-27(13-11-26)19-23-6-3-7-24-19;/h3-7,15,28H,2,8-14H2,1H3,(H2,21,22,25);1H. The molecule has 11 heteroatoms. The Labute approximate surface area is 203 Å². The minimum absolute atomic E-state index is 0. The molecule has 0 saturated carbocycles. The molecule has 8 nitrogen and oxygen atoms in total. The average molecular weight is 566 g/mol. The molecule has 1 aliphatic heterocycles. The zero-order valence-electron chi connectivity index (χ0n) is 17.0. The van der Waals surface area contributed by atoms with Crippen LogP contribution in [0.1, 0.15) is 17.9 Å². The summed E-state index contributed by atoms with van der Waals surface area (Å²) in [5.41, 5.74) is 0. The zero-order valence-corrected chi connectivity index (χ0v) is 20.9. The number of nitrogens with one attached hydrogen (secondary N) is 2. The molecule has 30 heavy (non-hydrogen) atoms. The van der Waals surface area contributed by atoms with E-state index in [4.69, 9.17) is 11.6 Å². The molecule has 1 saturated heterocycles. The van der Waals surface area contributed by atoms with Crippen molar-refractivity contribution in [1.82, 2.24) is 25.5 Å². The molecule has 1 fully saturated rings. The van der Waals surface area contributed by atoms with E-state index in [2.05, 4.69) is 35.4 Å². The van der Waals surface area contributed by atoms with E-state index in [-0.39, 0.29) is 24.0 Å². The zero-order chi connectivity index (χ0) is 20.5. The van der Waals surface area contributed by atoms with Crippen molar-refractivity contribution in [2.45, 2.75) is 13.0 Å². The minimum atomic E-state index is -0.642. The first-order valence-electron chi connectivity index (χ1n) is 9.85. The first kappa shape index (κ1) is 25.1. The third kappa shape index (κ3) is 7.80. The van der Waals surface area contributed by atoms with Gasteiger partial charge < -0.3 is 20.6 Å². The van der Waals surface area contributed by atoms with E-state index in [1.54, 1.807) is 18.5 Å². The highest BCUT2D eigenvalue weighted by Crippen LogP contribution is 2.26. The molecule has 0 bridgehead atoms. The van der Waals surface area contributed by atoms with Gasteiger partial charge in [-0.3, -0.25) is 9.89 Å². The van der Waals surface area contributed by atoms with Crippen LogP contribution in [0.2, 0.25) is 4.34 Å². The van der Waals surface area contributed by atoms with Crippen molar-refractivity contribution in [1.29, 1.82) is 0 Å². The smallest absolute Gasteiger partial charge is 0.225 e. The van der Waals surface area contributed by atoms with Gasteiger partial charge in [0.05, 0.1) is 10.9 Å². The van der Waals surface area contributed by atoms with Gasteiger partial charge in [0.2, 0.25) is 5.95 Å². The van der Waals surface area contributed by atoms with Gasteiger partial charge in [-0.15, -0.1) is 35.3 Å². The lowest BCUT2D eigenvalue weighted by Crippen LogP contribution is -2.49. The van der Waals surface area contributed by atoms with Gasteiger partial charge in [-0.05, 0) is 25.1 Å². The molecule has 2 aromatic heterocycles. The van der Waals surface area contributed by atoms with E-state index in [0.717, 1.165) is 56.6 Å². The Bertz CT molecular complexity index is 771. The summed E-state index contributed by atoms with van der Waals surface area (Å²) in [6.07, 6.45) is 2.92. The van der Waals surface area contributed by atoms with Crippen molar-refractivity contribution >= 4 is 58.8 Å².